The molecule has 0 aliphatic carbocycles. The number of anilines is 1. The zero-order chi connectivity index (χ0) is 10.6. The van der Waals surface area contributed by atoms with Gasteiger partial charge in [-0.1, -0.05) is 26.0 Å². The molecule has 0 unspecified atom stereocenters. The lowest BCUT2D eigenvalue weighted by Gasteiger charge is -2.13. The molecule has 0 saturated carbocycles. The van der Waals surface area contributed by atoms with Crippen LogP contribution < -0.4 is 11.5 Å². The van der Waals surface area contributed by atoms with Gasteiger partial charge in [0.05, 0.1) is 0 Å². The predicted octanol–water partition coefficient (Wildman–Crippen LogP) is 2.18. The average Bonchev–Trinajstić information content (AvgIpc) is 2.07. The molecule has 1 aromatic carbocycles. The van der Waals surface area contributed by atoms with Crippen molar-refractivity contribution in [2.45, 2.75) is 32.7 Å². The van der Waals surface area contributed by atoms with Crippen molar-refractivity contribution in [2.75, 3.05) is 5.73 Å². The van der Waals surface area contributed by atoms with Gasteiger partial charge < -0.3 is 11.5 Å². The quantitative estimate of drug-likeness (QED) is 0.718. The van der Waals surface area contributed by atoms with E-state index < -0.39 is 0 Å². The fourth-order valence-electron chi connectivity index (χ4n) is 1.65. The van der Waals surface area contributed by atoms with Gasteiger partial charge in [0, 0.05) is 11.7 Å². The molecule has 0 fully saturated rings. The first kappa shape index (κ1) is 11.1. The molecule has 0 aromatic heterocycles. The maximum atomic E-state index is 6.01. The highest BCUT2D eigenvalue weighted by atomic mass is 14.6. The fourth-order valence-corrected chi connectivity index (χ4v) is 1.65. The number of benzene rings is 1. The van der Waals surface area contributed by atoms with Crippen molar-refractivity contribution in [3.63, 3.8) is 0 Å². The van der Waals surface area contributed by atoms with Crippen LogP contribution in [-0.2, 0) is 6.42 Å². The first-order valence-corrected chi connectivity index (χ1v) is 5.18. The van der Waals surface area contributed by atoms with Gasteiger partial charge in [0.25, 0.3) is 0 Å². The number of nitrogens with two attached hydrogens (primary N) is 2. The Morgan fingerprint density at radius 1 is 1.14 bits per heavy atom. The molecule has 1 atom stereocenters. The highest BCUT2D eigenvalue weighted by molar-refractivity contribution is 5.39. The molecule has 2 nitrogen and oxygen atoms in total. The van der Waals surface area contributed by atoms with E-state index >= 15 is 0 Å². The molecule has 0 radical (unpaired) electrons. The molecule has 0 amide bonds. The molecule has 0 bridgehead atoms. The van der Waals surface area contributed by atoms with E-state index in [9.17, 15) is 0 Å². The minimum absolute atomic E-state index is 0.263. The molecule has 0 aliphatic rings. The molecule has 14 heavy (non-hydrogen) atoms. The van der Waals surface area contributed by atoms with Crippen molar-refractivity contribution < 1.29 is 0 Å². The molecule has 2 heteroatoms. The van der Waals surface area contributed by atoms with Crippen LogP contribution in [0, 0.1) is 5.92 Å². The largest absolute Gasteiger partial charge is 0.399 e. The average molecular weight is 192 g/mol. The van der Waals surface area contributed by atoms with Crippen molar-refractivity contribution in [1.29, 1.82) is 0 Å². The van der Waals surface area contributed by atoms with Gasteiger partial charge in [0.2, 0.25) is 0 Å². The standard InChI is InChI=1S/C12H20N2/c1-9(2)7-12(14)8-10-3-5-11(13)6-4-10/h3-6,9,12H,7-8,13-14H2,1-2H3/t12-/m1/s1. The zero-order valence-corrected chi connectivity index (χ0v) is 9.03. The molecule has 0 saturated heterocycles. The molecule has 78 valence electrons. The fraction of sp³-hybridized carbons (Fsp3) is 0.500. The maximum absolute atomic E-state index is 6.01. The van der Waals surface area contributed by atoms with Crippen LogP contribution in [0.3, 0.4) is 0 Å². The summed E-state index contributed by atoms with van der Waals surface area (Å²) in [5, 5.41) is 0. The van der Waals surface area contributed by atoms with Crippen molar-refractivity contribution >= 4 is 5.69 Å². The van der Waals surface area contributed by atoms with Crippen LogP contribution in [0.4, 0.5) is 5.69 Å². The number of nitrogen functional groups attached to an aromatic ring is 1. The van der Waals surface area contributed by atoms with E-state index in [1.807, 2.05) is 12.1 Å². The first-order chi connectivity index (χ1) is 6.58. The lowest BCUT2D eigenvalue weighted by molar-refractivity contribution is 0.493. The molecule has 1 aromatic rings. The van der Waals surface area contributed by atoms with E-state index in [-0.39, 0.29) is 6.04 Å². The highest BCUT2D eigenvalue weighted by Crippen LogP contribution is 2.11. The minimum atomic E-state index is 0.263. The van der Waals surface area contributed by atoms with Gasteiger partial charge in [-0.15, -0.1) is 0 Å². The van der Waals surface area contributed by atoms with Gasteiger partial charge in [-0.05, 0) is 36.5 Å². The number of rotatable bonds is 4. The molecule has 0 heterocycles. The Kier molecular flexibility index (Phi) is 3.96. The molecular formula is C12H20N2. The lowest BCUT2D eigenvalue weighted by atomic mass is 9.98. The normalized spacial score (nSPS) is 13.1. The van der Waals surface area contributed by atoms with Crippen LogP contribution >= 0.6 is 0 Å². The van der Waals surface area contributed by atoms with Gasteiger partial charge in [-0.3, -0.25) is 0 Å². The number of hydrogen-bond acceptors (Lipinski definition) is 2. The second-order valence-corrected chi connectivity index (χ2v) is 4.34. The Bertz CT molecular complexity index is 264. The van der Waals surface area contributed by atoms with Crippen molar-refractivity contribution in [3.8, 4) is 0 Å². The van der Waals surface area contributed by atoms with E-state index in [4.69, 9.17) is 11.5 Å². The smallest absolute Gasteiger partial charge is 0.0314 e. The van der Waals surface area contributed by atoms with E-state index in [1.54, 1.807) is 0 Å². The summed E-state index contributed by atoms with van der Waals surface area (Å²) in [6.45, 7) is 4.39. The topological polar surface area (TPSA) is 52.0 Å². The van der Waals surface area contributed by atoms with Gasteiger partial charge in [-0.2, -0.15) is 0 Å². The summed E-state index contributed by atoms with van der Waals surface area (Å²) in [6.07, 6.45) is 2.02. The SMILES string of the molecule is CC(C)C[C@@H](N)Cc1ccc(N)cc1. The van der Waals surface area contributed by atoms with Crippen molar-refractivity contribution in [3.05, 3.63) is 29.8 Å². The third kappa shape index (κ3) is 3.79. The third-order valence-electron chi connectivity index (χ3n) is 2.25. The third-order valence-corrected chi connectivity index (χ3v) is 2.25. The second-order valence-electron chi connectivity index (χ2n) is 4.34. The summed E-state index contributed by atoms with van der Waals surface area (Å²) in [7, 11) is 0. The predicted molar refractivity (Wildman–Crippen MR) is 62.0 cm³/mol. The van der Waals surface area contributed by atoms with Gasteiger partial charge in [0.1, 0.15) is 0 Å². The second kappa shape index (κ2) is 5.01. The van der Waals surface area contributed by atoms with E-state index in [0.29, 0.717) is 5.92 Å². The Morgan fingerprint density at radius 2 is 1.71 bits per heavy atom. The molecule has 0 aliphatic heterocycles. The van der Waals surface area contributed by atoms with E-state index in [0.717, 1.165) is 18.5 Å². The highest BCUT2D eigenvalue weighted by Gasteiger charge is 2.06. The first-order valence-electron chi connectivity index (χ1n) is 5.18. The summed E-state index contributed by atoms with van der Waals surface area (Å²) >= 11 is 0. The van der Waals surface area contributed by atoms with Crippen molar-refractivity contribution in [2.24, 2.45) is 11.7 Å². The Labute approximate surface area is 86.3 Å². The lowest BCUT2D eigenvalue weighted by Crippen LogP contribution is -2.24. The van der Waals surface area contributed by atoms with E-state index in [2.05, 4.69) is 26.0 Å². The van der Waals surface area contributed by atoms with Crippen LogP contribution in [0.5, 0.6) is 0 Å². The Hall–Kier alpha value is -1.02. The monoisotopic (exact) mass is 192 g/mol. The zero-order valence-electron chi connectivity index (χ0n) is 9.03. The summed E-state index contributed by atoms with van der Waals surface area (Å²) in [5.74, 6) is 0.666. The van der Waals surface area contributed by atoms with Gasteiger partial charge in [0.15, 0.2) is 0 Å². The number of hydrogen-bond donors (Lipinski definition) is 2. The van der Waals surface area contributed by atoms with Crippen LogP contribution in [0.25, 0.3) is 0 Å². The summed E-state index contributed by atoms with van der Waals surface area (Å²) in [4.78, 5) is 0. The molecule has 1 rings (SSSR count). The van der Waals surface area contributed by atoms with Crippen LogP contribution in [0.15, 0.2) is 24.3 Å². The summed E-state index contributed by atoms with van der Waals surface area (Å²) in [6, 6.07) is 8.22. The van der Waals surface area contributed by atoms with Crippen LogP contribution in [0.1, 0.15) is 25.8 Å². The summed E-state index contributed by atoms with van der Waals surface area (Å²) in [5.41, 5.74) is 13.7. The molecule has 4 N–H and O–H groups in total. The Balaban J connectivity index is 2.47. The van der Waals surface area contributed by atoms with Gasteiger partial charge in [-0.25, -0.2) is 0 Å². The maximum Gasteiger partial charge on any atom is 0.0314 e. The van der Waals surface area contributed by atoms with Crippen LogP contribution in [0.2, 0.25) is 0 Å². The Morgan fingerprint density at radius 3 is 2.21 bits per heavy atom. The van der Waals surface area contributed by atoms with Crippen LogP contribution in [-0.4, -0.2) is 6.04 Å². The summed E-state index contributed by atoms with van der Waals surface area (Å²) < 4.78 is 0. The minimum Gasteiger partial charge on any atom is -0.399 e. The van der Waals surface area contributed by atoms with Crippen molar-refractivity contribution in [1.82, 2.24) is 0 Å². The molecule has 0 spiro atoms. The molecular weight excluding hydrogens is 172 g/mol. The van der Waals surface area contributed by atoms with Gasteiger partial charge >= 0.3 is 0 Å². The van der Waals surface area contributed by atoms with E-state index in [1.165, 1.54) is 5.56 Å².